The van der Waals surface area contributed by atoms with E-state index in [2.05, 4.69) is 38.3 Å². The summed E-state index contributed by atoms with van der Waals surface area (Å²) in [6.45, 7) is 8.91. The molecule has 3 nitrogen and oxygen atoms in total. The SMILES string of the molecule is CC(NC(=O)CNC1CC1)C(C)(C)C. The van der Waals surface area contributed by atoms with Crippen LogP contribution in [0.2, 0.25) is 0 Å². The third kappa shape index (κ3) is 4.09. The normalized spacial score (nSPS) is 19.1. The van der Waals surface area contributed by atoms with Crippen LogP contribution < -0.4 is 10.6 Å². The Balaban J connectivity index is 2.18. The summed E-state index contributed by atoms with van der Waals surface area (Å²) in [6, 6.07) is 0.821. The second-order valence-electron chi connectivity index (χ2n) is 5.31. The fraction of sp³-hybridized carbons (Fsp3) is 0.909. The van der Waals surface area contributed by atoms with Crippen molar-refractivity contribution in [2.75, 3.05) is 6.54 Å². The highest BCUT2D eigenvalue weighted by atomic mass is 16.2. The zero-order chi connectivity index (χ0) is 10.8. The van der Waals surface area contributed by atoms with Crippen molar-refractivity contribution in [3.8, 4) is 0 Å². The van der Waals surface area contributed by atoms with Crippen LogP contribution in [-0.2, 0) is 4.79 Å². The van der Waals surface area contributed by atoms with Crippen molar-refractivity contribution in [1.29, 1.82) is 0 Å². The zero-order valence-corrected chi connectivity index (χ0v) is 9.68. The van der Waals surface area contributed by atoms with E-state index in [1.165, 1.54) is 12.8 Å². The van der Waals surface area contributed by atoms with Gasteiger partial charge in [0, 0.05) is 12.1 Å². The second kappa shape index (κ2) is 4.30. The molecule has 0 aromatic carbocycles. The highest BCUT2D eigenvalue weighted by Crippen LogP contribution is 2.19. The van der Waals surface area contributed by atoms with Crippen molar-refractivity contribution >= 4 is 5.91 Å². The topological polar surface area (TPSA) is 41.1 Å². The van der Waals surface area contributed by atoms with Gasteiger partial charge in [-0.05, 0) is 25.2 Å². The summed E-state index contributed by atoms with van der Waals surface area (Å²) in [5, 5.41) is 6.20. The van der Waals surface area contributed by atoms with Crippen molar-refractivity contribution in [3.05, 3.63) is 0 Å². The maximum atomic E-state index is 11.5. The van der Waals surface area contributed by atoms with E-state index in [1.807, 2.05) is 0 Å². The molecule has 0 aromatic heterocycles. The van der Waals surface area contributed by atoms with E-state index >= 15 is 0 Å². The molecule has 14 heavy (non-hydrogen) atoms. The quantitative estimate of drug-likeness (QED) is 0.714. The number of amides is 1. The van der Waals surface area contributed by atoms with Gasteiger partial charge < -0.3 is 10.6 Å². The molecule has 0 aromatic rings. The zero-order valence-electron chi connectivity index (χ0n) is 9.68. The first-order chi connectivity index (χ1) is 6.39. The van der Waals surface area contributed by atoms with Crippen molar-refractivity contribution in [3.63, 3.8) is 0 Å². The first-order valence-corrected chi connectivity index (χ1v) is 5.42. The molecular formula is C11H22N2O. The van der Waals surface area contributed by atoms with E-state index in [1.54, 1.807) is 0 Å². The van der Waals surface area contributed by atoms with Gasteiger partial charge in [-0.3, -0.25) is 4.79 Å². The van der Waals surface area contributed by atoms with Gasteiger partial charge in [0.25, 0.3) is 0 Å². The van der Waals surface area contributed by atoms with Crippen molar-refractivity contribution in [2.24, 2.45) is 5.41 Å². The highest BCUT2D eigenvalue weighted by Gasteiger charge is 2.24. The molecule has 1 fully saturated rings. The summed E-state index contributed by atoms with van der Waals surface area (Å²) in [4.78, 5) is 11.5. The lowest BCUT2D eigenvalue weighted by Crippen LogP contribution is -2.45. The smallest absolute Gasteiger partial charge is 0.234 e. The average molecular weight is 198 g/mol. The molecule has 1 aliphatic carbocycles. The van der Waals surface area contributed by atoms with Crippen LogP contribution in [0, 0.1) is 5.41 Å². The first-order valence-electron chi connectivity index (χ1n) is 5.42. The maximum absolute atomic E-state index is 11.5. The molecule has 0 heterocycles. The van der Waals surface area contributed by atoms with Gasteiger partial charge in [0.2, 0.25) is 5.91 Å². The van der Waals surface area contributed by atoms with Gasteiger partial charge in [-0.15, -0.1) is 0 Å². The molecule has 0 saturated heterocycles. The Kier molecular flexibility index (Phi) is 3.53. The Labute approximate surface area is 86.6 Å². The summed E-state index contributed by atoms with van der Waals surface area (Å²) >= 11 is 0. The fourth-order valence-electron chi connectivity index (χ4n) is 1.03. The van der Waals surface area contributed by atoms with Gasteiger partial charge in [-0.2, -0.15) is 0 Å². The predicted molar refractivity (Wildman–Crippen MR) is 58.1 cm³/mol. The second-order valence-corrected chi connectivity index (χ2v) is 5.31. The minimum atomic E-state index is 0.110. The van der Waals surface area contributed by atoms with E-state index in [4.69, 9.17) is 0 Å². The van der Waals surface area contributed by atoms with Gasteiger partial charge in [0.1, 0.15) is 0 Å². The van der Waals surface area contributed by atoms with Crippen LogP contribution in [0.25, 0.3) is 0 Å². The molecule has 0 radical (unpaired) electrons. The van der Waals surface area contributed by atoms with Crippen LogP contribution in [0.5, 0.6) is 0 Å². The van der Waals surface area contributed by atoms with Gasteiger partial charge in [0.05, 0.1) is 6.54 Å². The molecule has 0 bridgehead atoms. The van der Waals surface area contributed by atoms with Crippen LogP contribution in [0.4, 0.5) is 0 Å². The molecule has 82 valence electrons. The molecular weight excluding hydrogens is 176 g/mol. The first kappa shape index (κ1) is 11.5. The van der Waals surface area contributed by atoms with E-state index in [-0.39, 0.29) is 17.4 Å². The van der Waals surface area contributed by atoms with E-state index in [0.717, 1.165) is 0 Å². The summed E-state index contributed by atoms with van der Waals surface area (Å²) in [7, 11) is 0. The Bertz CT molecular complexity index is 204. The van der Waals surface area contributed by atoms with Crippen LogP contribution in [0.1, 0.15) is 40.5 Å². The minimum Gasteiger partial charge on any atom is -0.352 e. The Hall–Kier alpha value is -0.570. The summed E-state index contributed by atoms with van der Waals surface area (Å²) in [5.41, 5.74) is 0.134. The van der Waals surface area contributed by atoms with Crippen molar-refractivity contribution in [1.82, 2.24) is 10.6 Å². The van der Waals surface area contributed by atoms with Crippen LogP contribution in [0.3, 0.4) is 0 Å². The summed E-state index contributed by atoms with van der Waals surface area (Å²) in [5.74, 6) is 0.110. The Morgan fingerprint density at radius 2 is 2.00 bits per heavy atom. The number of rotatable bonds is 4. The lowest BCUT2D eigenvalue weighted by molar-refractivity contribution is -0.121. The molecule has 0 spiro atoms. The van der Waals surface area contributed by atoms with Crippen molar-refractivity contribution in [2.45, 2.75) is 52.6 Å². The summed E-state index contributed by atoms with van der Waals surface area (Å²) in [6.07, 6.45) is 2.45. The van der Waals surface area contributed by atoms with Gasteiger partial charge in [-0.1, -0.05) is 20.8 Å². The van der Waals surface area contributed by atoms with Gasteiger partial charge in [0.15, 0.2) is 0 Å². The minimum absolute atomic E-state index is 0.110. The summed E-state index contributed by atoms with van der Waals surface area (Å²) < 4.78 is 0. The Morgan fingerprint density at radius 1 is 1.43 bits per heavy atom. The molecule has 1 rings (SSSR count). The predicted octanol–water partition coefficient (Wildman–Crippen LogP) is 1.29. The third-order valence-corrected chi connectivity index (χ3v) is 2.81. The molecule has 1 amide bonds. The number of nitrogens with one attached hydrogen (secondary N) is 2. The molecule has 1 aliphatic rings. The van der Waals surface area contributed by atoms with E-state index < -0.39 is 0 Å². The fourth-order valence-corrected chi connectivity index (χ4v) is 1.03. The monoisotopic (exact) mass is 198 g/mol. The molecule has 1 atom stereocenters. The molecule has 2 N–H and O–H groups in total. The third-order valence-electron chi connectivity index (χ3n) is 2.81. The van der Waals surface area contributed by atoms with Gasteiger partial charge in [-0.25, -0.2) is 0 Å². The number of carbonyl (C=O) groups is 1. The van der Waals surface area contributed by atoms with Crippen molar-refractivity contribution < 1.29 is 4.79 Å². The molecule has 1 saturated carbocycles. The van der Waals surface area contributed by atoms with Crippen LogP contribution in [-0.4, -0.2) is 24.5 Å². The highest BCUT2D eigenvalue weighted by molar-refractivity contribution is 5.78. The Morgan fingerprint density at radius 3 is 2.43 bits per heavy atom. The average Bonchev–Trinajstić information content (AvgIpc) is 2.81. The maximum Gasteiger partial charge on any atom is 0.234 e. The standard InChI is InChI=1S/C11H22N2O/c1-8(11(2,3)4)13-10(14)7-12-9-5-6-9/h8-9,12H,5-7H2,1-4H3,(H,13,14). The van der Waals surface area contributed by atoms with E-state index in [9.17, 15) is 4.79 Å². The molecule has 1 unspecified atom stereocenters. The molecule has 0 aliphatic heterocycles. The lowest BCUT2D eigenvalue weighted by atomic mass is 9.88. The number of hydrogen-bond donors (Lipinski definition) is 2. The lowest BCUT2D eigenvalue weighted by Gasteiger charge is -2.28. The number of hydrogen-bond acceptors (Lipinski definition) is 2. The molecule has 3 heteroatoms. The van der Waals surface area contributed by atoms with Crippen LogP contribution in [0.15, 0.2) is 0 Å². The largest absolute Gasteiger partial charge is 0.352 e. The van der Waals surface area contributed by atoms with Crippen LogP contribution >= 0.6 is 0 Å². The van der Waals surface area contributed by atoms with Gasteiger partial charge >= 0.3 is 0 Å². The van der Waals surface area contributed by atoms with E-state index in [0.29, 0.717) is 12.6 Å². The number of carbonyl (C=O) groups excluding carboxylic acids is 1.